The maximum atomic E-state index is 12.5. The first kappa shape index (κ1) is 20.0. The maximum absolute atomic E-state index is 12.5. The van der Waals surface area contributed by atoms with Gasteiger partial charge in [-0.15, -0.1) is 0 Å². The Morgan fingerprint density at radius 2 is 1.93 bits per heavy atom. The molecule has 5 nitrogen and oxygen atoms in total. The molecule has 0 fully saturated rings. The summed E-state index contributed by atoms with van der Waals surface area (Å²) < 4.78 is 5.89. The van der Waals surface area contributed by atoms with Gasteiger partial charge in [-0.25, -0.2) is 4.98 Å². The number of halogens is 2. The van der Waals surface area contributed by atoms with E-state index in [1.807, 2.05) is 32.0 Å². The van der Waals surface area contributed by atoms with Crippen molar-refractivity contribution >= 4 is 40.6 Å². The number of amides is 1. The number of ether oxygens (including phenoxy) is 1. The minimum atomic E-state index is -0.326. The van der Waals surface area contributed by atoms with Gasteiger partial charge in [-0.3, -0.25) is 4.79 Å². The first-order valence-electron chi connectivity index (χ1n) is 8.58. The van der Waals surface area contributed by atoms with Crippen molar-refractivity contribution in [3.8, 4) is 5.75 Å². The van der Waals surface area contributed by atoms with E-state index in [0.717, 1.165) is 11.1 Å². The standard InChI is InChI=1S/C21H19Cl2N3O2/c1-12-6-15(8-16(22)7-12)21(27)26-18-5-3-4-14(9-18)13(2)28-19-10-17(23)11-25-20(19)24/h3-11,13H,1-2H3,(H2,24,25)(H,26,27)/t13-/m1/s1. The molecule has 7 heteroatoms. The van der Waals surface area contributed by atoms with Crippen LogP contribution in [-0.4, -0.2) is 10.9 Å². The normalized spacial score (nSPS) is 11.7. The molecular weight excluding hydrogens is 397 g/mol. The molecule has 1 heterocycles. The van der Waals surface area contributed by atoms with Crippen LogP contribution in [0.25, 0.3) is 0 Å². The highest BCUT2D eigenvalue weighted by Gasteiger charge is 2.13. The van der Waals surface area contributed by atoms with Gasteiger partial charge < -0.3 is 15.8 Å². The number of benzene rings is 2. The summed E-state index contributed by atoms with van der Waals surface area (Å²) in [5.41, 5.74) is 8.76. The second-order valence-electron chi connectivity index (χ2n) is 6.39. The average molecular weight is 416 g/mol. The number of nitrogens with two attached hydrogens (primary N) is 1. The molecule has 0 aliphatic carbocycles. The van der Waals surface area contributed by atoms with E-state index >= 15 is 0 Å². The van der Waals surface area contributed by atoms with Crippen LogP contribution in [0.1, 0.15) is 34.5 Å². The monoisotopic (exact) mass is 415 g/mol. The van der Waals surface area contributed by atoms with Crippen LogP contribution in [0.2, 0.25) is 10.0 Å². The molecule has 1 amide bonds. The number of rotatable bonds is 5. The van der Waals surface area contributed by atoms with Gasteiger partial charge in [0.1, 0.15) is 6.10 Å². The minimum absolute atomic E-state index is 0.236. The predicted octanol–water partition coefficient (Wildman–Crippen LogP) is 5.67. The van der Waals surface area contributed by atoms with Gasteiger partial charge in [-0.2, -0.15) is 0 Å². The number of hydrogen-bond donors (Lipinski definition) is 2. The molecular formula is C21H19Cl2N3O2. The molecule has 3 aromatic rings. The van der Waals surface area contributed by atoms with Crippen molar-refractivity contribution in [2.45, 2.75) is 20.0 Å². The lowest BCUT2D eigenvalue weighted by Crippen LogP contribution is -2.13. The number of nitrogen functional groups attached to an aromatic ring is 1. The van der Waals surface area contributed by atoms with Crippen molar-refractivity contribution in [2.24, 2.45) is 0 Å². The van der Waals surface area contributed by atoms with Gasteiger partial charge in [-0.1, -0.05) is 35.3 Å². The lowest BCUT2D eigenvalue weighted by molar-refractivity contribution is 0.102. The zero-order chi connectivity index (χ0) is 20.3. The van der Waals surface area contributed by atoms with Gasteiger partial charge in [0.2, 0.25) is 0 Å². The predicted molar refractivity (Wildman–Crippen MR) is 113 cm³/mol. The van der Waals surface area contributed by atoms with Crippen molar-refractivity contribution < 1.29 is 9.53 Å². The van der Waals surface area contributed by atoms with Crippen LogP contribution in [-0.2, 0) is 0 Å². The Morgan fingerprint density at radius 1 is 1.14 bits per heavy atom. The number of hydrogen-bond acceptors (Lipinski definition) is 4. The first-order valence-corrected chi connectivity index (χ1v) is 9.33. The summed E-state index contributed by atoms with van der Waals surface area (Å²) in [5, 5.41) is 3.84. The van der Waals surface area contributed by atoms with E-state index in [1.54, 1.807) is 30.3 Å². The molecule has 3 rings (SSSR count). The third kappa shape index (κ3) is 4.94. The zero-order valence-corrected chi connectivity index (χ0v) is 16.9. The van der Waals surface area contributed by atoms with E-state index in [0.29, 0.717) is 27.0 Å². The Balaban J connectivity index is 1.76. The molecule has 0 spiro atoms. The number of carbonyl (C=O) groups is 1. The average Bonchev–Trinajstić information content (AvgIpc) is 2.64. The van der Waals surface area contributed by atoms with Gasteiger partial charge in [0, 0.05) is 28.5 Å². The fraction of sp³-hybridized carbons (Fsp3) is 0.143. The van der Waals surface area contributed by atoms with Crippen molar-refractivity contribution in [2.75, 3.05) is 11.1 Å². The summed E-state index contributed by atoms with van der Waals surface area (Å²) in [6.45, 7) is 3.76. The Morgan fingerprint density at radius 3 is 2.68 bits per heavy atom. The number of nitrogens with one attached hydrogen (secondary N) is 1. The lowest BCUT2D eigenvalue weighted by atomic mass is 10.1. The second-order valence-corrected chi connectivity index (χ2v) is 7.27. The molecule has 144 valence electrons. The molecule has 1 atom stereocenters. The second kappa shape index (κ2) is 8.50. The maximum Gasteiger partial charge on any atom is 0.255 e. The van der Waals surface area contributed by atoms with Crippen LogP contribution in [0.15, 0.2) is 54.7 Å². The molecule has 0 radical (unpaired) electrons. The van der Waals surface area contributed by atoms with Crippen LogP contribution < -0.4 is 15.8 Å². The topological polar surface area (TPSA) is 77.2 Å². The van der Waals surface area contributed by atoms with E-state index < -0.39 is 0 Å². The number of anilines is 2. The number of aromatic nitrogens is 1. The minimum Gasteiger partial charge on any atom is -0.482 e. The third-order valence-electron chi connectivity index (χ3n) is 4.07. The number of carbonyl (C=O) groups excluding carboxylic acids is 1. The van der Waals surface area contributed by atoms with E-state index in [4.69, 9.17) is 33.7 Å². The molecule has 0 aliphatic rings. The van der Waals surface area contributed by atoms with Gasteiger partial charge in [-0.05, 0) is 55.3 Å². The number of pyridine rings is 1. The molecule has 0 saturated carbocycles. The Kier molecular flexibility index (Phi) is 6.07. The van der Waals surface area contributed by atoms with Crippen molar-refractivity contribution in [1.82, 2.24) is 4.98 Å². The third-order valence-corrected chi connectivity index (χ3v) is 4.50. The molecule has 3 N–H and O–H groups in total. The lowest BCUT2D eigenvalue weighted by Gasteiger charge is -2.17. The SMILES string of the molecule is Cc1cc(Cl)cc(C(=O)Nc2cccc([C@@H](C)Oc3cc(Cl)cnc3N)c2)c1. The zero-order valence-electron chi connectivity index (χ0n) is 15.4. The van der Waals surface area contributed by atoms with Gasteiger partial charge >= 0.3 is 0 Å². The quantitative estimate of drug-likeness (QED) is 0.562. The Bertz CT molecular complexity index is 1000. The molecule has 0 saturated heterocycles. The highest BCUT2D eigenvalue weighted by Crippen LogP contribution is 2.29. The largest absolute Gasteiger partial charge is 0.482 e. The fourth-order valence-electron chi connectivity index (χ4n) is 2.72. The highest BCUT2D eigenvalue weighted by molar-refractivity contribution is 6.31. The smallest absolute Gasteiger partial charge is 0.255 e. The molecule has 1 aromatic heterocycles. The van der Waals surface area contributed by atoms with Crippen LogP contribution in [0.3, 0.4) is 0 Å². The van der Waals surface area contributed by atoms with E-state index in [2.05, 4.69) is 10.3 Å². The summed E-state index contributed by atoms with van der Waals surface area (Å²) >= 11 is 12.0. The number of aryl methyl sites for hydroxylation is 1. The van der Waals surface area contributed by atoms with E-state index in [9.17, 15) is 4.79 Å². The van der Waals surface area contributed by atoms with Crippen molar-refractivity contribution in [3.63, 3.8) is 0 Å². The summed E-state index contributed by atoms with van der Waals surface area (Å²) in [7, 11) is 0. The summed E-state index contributed by atoms with van der Waals surface area (Å²) in [6.07, 6.45) is 1.13. The summed E-state index contributed by atoms with van der Waals surface area (Å²) in [6, 6.07) is 14.2. The van der Waals surface area contributed by atoms with Crippen LogP contribution in [0.5, 0.6) is 5.75 Å². The van der Waals surface area contributed by atoms with E-state index in [1.165, 1.54) is 6.20 Å². The summed E-state index contributed by atoms with van der Waals surface area (Å²) in [4.78, 5) is 16.5. The van der Waals surface area contributed by atoms with Crippen molar-refractivity contribution in [1.29, 1.82) is 0 Å². The number of nitrogens with zero attached hydrogens (tertiary/aromatic N) is 1. The van der Waals surface area contributed by atoms with Crippen molar-refractivity contribution in [3.05, 3.63) is 81.5 Å². The Hall–Kier alpha value is -2.76. The van der Waals surface area contributed by atoms with Crippen LogP contribution in [0.4, 0.5) is 11.5 Å². The molecule has 0 bridgehead atoms. The highest BCUT2D eigenvalue weighted by atomic mass is 35.5. The molecule has 0 aliphatic heterocycles. The van der Waals surface area contributed by atoms with Gasteiger partial charge in [0.05, 0.1) is 5.02 Å². The molecule has 28 heavy (non-hydrogen) atoms. The Labute approximate surface area is 173 Å². The van der Waals surface area contributed by atoms with Crippen LogP contribution >= 0.6 is 23.2 Å². The molecule has 2 aromatic carbocycles. The fourth-order valence-corrected chi connectivity index (χ4v) is 3.16. The first-order chi connectivity index (χ1) is 13.3. The van der Waals surface area contributed by atoms with Gasteiger partial charge in [0.15, 0.2) is 11.6 Å². The van der Waals surface area contributed by atoms with E-state index in [-0.39, 0.29) is 17.8 Å². The van der Waals surface area contributed by atoms with Gasteiger partial charge in [0.25, 0.3) is 5.91 Å². The molecule has 0 unspecified atom stereocenters. The summed E-state index contributed by atoms with van der Waals surface area (Å²) in [5.74, 6) is 0.431. The van der Waals surface area contributed by atoms with Crippen LogP contribution in [0, 0.1) is 6.92 Å².